The molecule has 2 aromatic carbocycles. The van der Waals surface area contributed by atoms with E-state index in [9.17, 15) is 22.4 Å². The van der Waals surface area contributed by atoms with Gasteiger partial charge in [0.15, 0.2) is 0 Å². The average molecular weight is 542 g/mol. The molecule has 0 heterocycles. The number of sulfonamides is 1. The van der Waals surface area contributed by atoms with Gasteiger partial charge in [-0.25, -0.2) is 12.8 Å². The summed E-state index contributed by atoms with van der Waals surface area (Å²) < 4.78 is 40.0. The van der Waals surface area contributed by atoms with Gasteiger partial charge in [-0.2, -0.15) is 0 Å². The number of carbonyl (C=O) groups is 2. The third-order valence-corrected chi connectivity index (χ3v) is 6.73. The Kier molecular flexibility index (Phi) is 9.85. The van der Waals surface area contributed by atoms with E-state index in [2.05, 4.69) is 21.2 Å². The number of carbonyl (C=O) groups excluding carboxylic acids is 2. The first-order chi connectivity index (χ1) is 15.5. The van der Waals surface area contributed by atoms with Crippen LogP contribution in [0, 0.1) is 5.82 Å². The summed E-state index contributed by atoms with van der Waals surface area (Å²) in [7, 11) is -3.84. The van der Waals surface area contributed by atoms with Crippen molar-refractivity contribution in [1.29, 1.82) is 0 Å². The highest BCUT2D eigenvalue weighted by Gasteiger charge is 2.30. The van der Waals surface area contributed by atoms with Gasteiger partial charge in [0.05, 0.1) is 11.9 Å². The fourth-order valence-corrected chi connectivity index (χ4v) is 4.24. The Morgan fingerprint density at radius 2 is 1.70 bits per heavy atom. The molecular weight excluding hydrogens is 513 g/mol. The van der Waals surface area contributed by atoms with Crippen molar-refractivity contribution in [3.63, 3.8) is 0 Å². The predicted octanol–water partition coefficient (Wildman–Crippen LogP) is 3.69. The highest BCUT2D eigenvalue weighted by Crippen LogP contribution is 2.20. The van der Waals surface area contributed by atoms with Gasteiger partial charge < -0.3 is 10.2 Å². The molecule has 0 bridgehead atoms. The molecule has 0 fully saturated rings. The van der Waals surface area contributed by atoms with Crippen LogP contribution >= 0.6 is 15.9 Å². The predicted molar refractivity (Wildman–Crippen MR) is 131 cm³/mol. The number of halogens is 2. The van der Waals surface area contributed by atoms with E-state index in [4.69, 9.17) is 0 Å². The SMILES string of the molecule is CCCCNC(=O)C(C)N(Cc1ccc(Br)cc1)C(=O)CN(c1ccc(F)cc1)S(C)(=O)=O. The summed E-state index contributed by atoms with van der Waals surface area (Å²) in [4.78, 5) is 27.4. The third kappa shape index (κ3) is 8.12. The van der Waals surface area contributed by atoms with E-state index in [0.29, 0.717) is 6.54 Å². The molecule has 0 saturated heterocycles. The molecule has 0 aromatic heterocycles. The highest BCUT2D eigenvalue weighted by atomic mass is 79.9. The standard InChI is InChI=1S/C23H29BrFN3O4S/c1-4-5-14-26-23(30)17(2)27(15-18-6-8-19(24)9-7-18)22(29)16-28(33(3,31)32)21-12-10-20(25)11-13-21/h6-13,17H,4-5,14-16H2,1-3H3,(H,26,30). The molecule has 0 spiro atoms. The zero-order valence-electron chi connectivity index (χ0n) is 18.9. The summed E-state index contributed by atoms with van der Waals surface area (Å²) in [6.45, 7) is 3.71. The van der Waals surface area contributed by atoms with Crippen molar-refractivity contribution in [2.75, 3.05) is 23.7 Å². The van der Waals surface area contributed by atoms with E-state index >= 15 is 0 Å². The van der Waals surface area contributed by atoms with Crippen LogP contribution in [0.1, 0.15) is 32.3 Å². The number of rotatable bonds is 11. The lowest BCUT2D eigenvalue weighted by atomic mass is 10.1. The molecule has 1 N–H and O–H groups in total. The van der Waals surface area contributed by atoms with E-state index in [1.165, 1.54) is 17.0 Å². The van der Waals surface area contributed by atoms with Gasteiger partial charge in [-0.3, -0.25) is 13.9 Å². The molecule has 2 amide bonds. The Labute approximate surface area is 203 Å². The Hall–Kier alpha value is -2.46. The van der Waals surface area contributed by atoms with E-state index in [0.717, 1.165) is 45.6 Å². The molecule has 180 valence electrons. The number of benzene rings is 2. The Bertz CT molecular complexity index is 1050. The third-order valence-electron chi connectivity index (χ3n) is 5.06. The molecule has 33 heavy (non-hydrogen) atoms. The van der Waals surface area contributed by atoms with Crippen LogP contribution < -0.4 is 9.62 Å². The van der Waals surface area contributed by atoms with Crippen molar-refractivity contribution < 1.29 is 22.4 Å². The normalized spacial score (nSPS) is 12.2. The average Bonchev–Trinajstić information content (AvgIpc) is 2.76. The number of nitrogens with zero attached hydrogens (tertiary/aromatic N) is 2. The van der Waals surface area contributed by atoms with Crippen LogP contribution in [0.15, 0.2) is 53.0 Å². The minimum Gasteiger partial charge on any atom is -0.354 e. The molecular formula is C23H29BrFN3O4S. The number of anilines is 1. The van der Waals surface area contributed by atoms with Gasteiger partial charge in [0.25, 0.3) is 0 Å². The van der Waals surface area contributed by atoms with Crippen LogP contribution in [-0.2, 0) is 26.2 Å². The molecule has 0 saturated carbocycles. The Morgan fingerprint density at radius 1 is 1.09 bits per heavy atom. The lowest BCUT2D eigenvalue weighted by molar-refractivity contribution is -0.139. The van der Waals surface area contributed by atoms with E-state index in [1.807, 2.05) is 31.2 Å². The smallest absolute Gasteiger partial charge is 0.244 e. The molecule has 1 atom stereocenters. The van der Waals surface area contributed by atoms with Crippen LogP contribution in [0.3, 0.4) is 0 Å². The number of amides is 2. The van der Waals surface area contributed by atoms with Crippen LogP contribution in [0.4, 0.5) is 10.1 Å². The van der Waals surface area contributed by atoms with Crippen LogP contribution in [0.25, 0.3) is 0 Å². The molecule has 10 heteroatoms. The van der Waals surface area contributed by atoms with Crippen molar-refractivity contribution in [1.82, 2.24) is 10.2 Å². The minimum atomic E-state index is -3.84. The van der Waals surface area contributed by atoms with Crippen molar-refractivity contribution in [3.05, 3.63) is 64.4 Å². The van der Waals surface area contributed by atoms with E-state index in [-0.39, 0.29) is 18.1 Å². The fraction of sp³-hybridized carbons (Fsp3) is 0.391. The highest BCUT2D eigenvalue weighted by molar-refractivity contribution is 9.10. The van der Waals surface area contributed by atoms with Gasteiger partial charge >= 0.3 is 0 Å². The van der Waals surface area contributed by atoms with Gasteiger partial charge in [0.1, 0.15) is 18.4 Å². The maximum atomic E-state index is 13.3. The van der Waals surface area contributed by atoms with Crippen LogP contribution in [0.2, 0.25) is 0 Å². The van der Waals surface area contributed by atoms with E-state index < -0.39 is 34.3 Å². The maximum Gasteiger partial charge on any atom is 0.244 e. The second-order valence-electron chi connectivity index (χ2n) is 7.71. The molecule has 0 aliphatic heterocycles. The van der Waals surface area contributed by atoms with Crippen LogP contribution in [0.5, 0.6) is 0 Å². The van der Waals surface area contributed by atoms with E-state index in [1.54, 1.807) is 6.92 Å². The Balaban J connectivity index is 2.32. The summed E-state index contributed by atoms with van der Waals surface area (Å²) in [6.07, 6.45) is 2.70. The fourth-order valence-electron chi connectivity index (χ4n) is 3.13. The molecule has 0 radical (unpaired) electrons. The van der Waals surface area contributed by atoms with Gasteiger partial charge in [-0.15, -0.1) is 0 Å². The quantitative estimate of drug-likeness (QED) is 0.439. The minimum absolute atomic E-state index is 0.121. The summed E-state index contributed by atoms with van der Waals surface area (Å²) in [5.74, 6) is -1.39. The molecule has 2 rings (SSSR count). The van der Waals surface area contributed by atoms with Crippen molar-refractivity contribution in [2.45, 2.75) is 39.3 Å². The molecule has 2 aromatic rings. The van der Waals surface area contributed by atoms with Crippen molar-refractivity contribution in [3.8, 4) is 0 Å². The summed E-state index contributed by atoms with van der Waals surface area (Å²) in [5, 5.41) is 2.82. The summed E-state index contributed by atoms with van der Waals surface area (Å²) in [5.41, 5.74) is 0.948. The van der Waals surface area contributed by atoms with Gasteiger partial charge in [-0.1, -0.05) is 41.4 Å². The topological polar surface area (TPSA) is 86.8 Å². The largest absolute Gasteiger partial charge is 0.354 e. The Morgan fingerprint density at radius 3 is 2.24 bits per heavy atom. The number of hydrogen-bond acceptors (Lipinski definition) is 4. The number of nitrogens with one attached hydrogen (secondary N) is 1. The first-order valence-corrected chi connectivity index (χ1v) is 13.2. The van der Waals surface area contributed by atoms with Gasteiger partial charge in [0.2, 0.25) is 21.8 Å². The zero-order chi connectivity index (χ0) is 24.6. The maximum absolute atomic E-state index is 13.3. The first-order valence-electron chi connectivity index (χ1n) is 10.6. The summed E-state index contributed by atoms with van der Waals surface area (Å²) >= 11 is 3.37. The second-order valence-corrected chi connectivity index (χ2v) is 10.5. The molecule has 7 nitrogen and oxygen atoms in total. The lowest BCUT2D eigenvalue weighted by Gasteiger charge is -2.31. The van der Waals surface area contributed by atoms with Gasteiger partial charge in [0, 0.05) is 17.6 Å². The molecule has 1 unspecified atom stereocenters. The molecule has 0 aliphatic rings. The monoisotopic (exact) mass is 541 g/mol. The number of unbranched alkanes of at least 4 members (excludes halogenated alkanes) is 1. The second kappa shape index (κ2) is 12.1. The van der Waals surface area contributed by atoms with Gasteiger partial charge in [-0.05, 0) is 55.3 Å². The number of hydrogen-bond donors (Lipinski definition) is 1. The molecule has 0 aliphatic carbocycles. The first kappa shape index (κ1) is 26.8. The van der Waals surface area contributed by atoms with Crippen LogP contribution in [-0.4, -0.2) is 50.5 Å². The van der Waals surface area contributed by atoms with Crippen molar-refractivity contribution >= 4 is 43.5 Å². The zero-order valence-corrected chi connectivity index (χ0v) is 21.3. The van der Waals surface area contributed by atoms with Crippen molar-refractivity contribution in [2.24, 2.45) is 0 Å². The summed E-state index contributed by atoms with van der Waals surface area (Å²) in [6, 6.07) is 11.3. The lowest BCUT2D eigenvalue weighted by Crippen LogP contribution is -2.51.